The number of carbonyl (C=O) groups excluding carboxylic acids is 1. The Morgan fingerprint density at radius 2 is 2.03 bits per heavy atom. The number of amides is 1. The van der Waals surface area contributed by atoms with E-state index in [4.69, 9.17) is 9.72 Å². The monoisotopic (exact) mass is 507 g/mol. The third kappa shape index (κ3) is 5.39. The number of nitrogens with one attached hydrogen (secondary N) is 3. The standard InChI is InChI=1S/C26H33N7O2S/c1-7-25(34)29-20-12-21(23(35-5)13-22(20)33(4)11-10-32(2)3)31-26-28-9-8-19(30-26)18-16-36(6)24-15-27-14-17(18)24/h7-9,12-16,27,36H,1,10-11H2,2-6H3,(H,29,34)(H,28,30,31). The molecule has 0 aliphatic carbocycles. The summed E-state index contributed by atoms with van der Waals surface area (Å²) in [6.07, 6.45) is 9.30. The number of hydrogen-bond acceptors (Lipinski definition) is 7. The average Bonchev–Trinajstić information content (AvgIpc) is 3.47. The molecule has 9 nitrogen and oxygen atoms in total. The molecule has 3 N–H and O–H groups in total. The largest absolute Gasteiger partial charge is 0.494 e. The Morgan fingerprint density at radius 3 is 2.75 bits per heavy atom. The topological polar surface area (TPSA) is 98.4 Å². The van der Waals surface area contributed by atoms with Crippen LogP contribution in [0.1, 0.15) is 11.3 Å². The van der Waals surface area contributed by atoms with Gasteiger partial charge in [0.2, 0.25) is 11.9 Å². The lowest BCUT2D eigenvalue weighted by Gasteiger charge is -2.26. The normalized spacial score (nSPS) is 15.3. The lowest BCUT2D eigenvalue weighted by molar-refractivity contribution is -0.111. The summed E-state index contributed by atoms with van der Waals surface area (Å²) in [6, 6.07) is 5.65. The molecule has 1 aliphatic heterocycles. The van der Waals surface area contributed by atoms with Crippen LogP contribution in [0.4, 0.5) is 23.0 Å². The Hall–Kier alpha value is -3.76. The molecule has 3 heterocycles. The van der Waals surface area contributed by atoms with Crippen LogP contribution < -0.4 is 20.3 Å². The summed E-state index contributed by atoms with van der Waals surface area (Å²) in [4.78, 5) is 30.1. The number of hydrogen-bond donors (Lipinski definition) is 4. The highest BCUT2D eigenvalue weighted by Crippen LogP contribution is 2.49. The maximum Gasteiger partial charge on any atom is 0.247 e. The molecule has 1 amide bonds. The number of anilines is 4. The Morgan fingerprint density at radius 1 is 1.22 bits per heavy atom. The summed E-state index contributed by atoms with van der Waals surface area (Å²) in [5, 5.41) is 8.48. The fourth-order valence-corrected chi connectivity index (χ4v) is 5.64. The summed E-state index contributed by atoms with van der Waals surface area (Å²) < 4.78 is 5.70. The second-order valence-electron chi connectivity index (χ2n) is 8.79. The van der Waals surface area contributed by atoms with Gasteiger partial charge in [0.15, 0.2) is 0 Å². The van der Waals surface area contributed by atoms with Gasteiger partial charge in [0.05, 0.1) is 29.9 Å². The number of ether oxygens (including phenoxy) is 1. The molecule has 3 aromatic rings. The van der Waals surface area contributed by atoms with Gasteiger partial charge < -0.3 is 30.2 Å². The zero-order valence-electron chi connectivity index (χ0n) is 21.3. The summed E-state index contributed by atoms with van der Waals surface area (Å²) in [5.74, 6) is 0.751. The lowest BCUT2D eigenvalue weighted by Crippen LogP contribution is -2.29. The van der Waals surface area contributed by atoms with E-state index in [-0.39, 0.29) is 16.8 Å². The number of aromatic nitrogens is 3. The number of likely N-dealkylation sites (N-methyl/N-ethyl adjacent to an activating group) is 2. The highest BCUT2D eigenvalue weighted by Gasteiger charge is 2.22. The fraction of sp³-hybridized carbons (Fsp3) is 0.269. The van der Waals surface area contributed by atoms with Gasteiger partial charge in [-0.2, -0.15) is 0 Å². The Bertz CT molecular complexity index is 1300. The van der Waals surface area contributed by atoms with Crippen LogP contribution in [0.15, 0.2) is 59.7 Å². The number of rotatable bonds is 10. The number of H-pyrrole nitrogens is 1. The lowest BCUT2D eigenvalue weighted by atomic mass is 10.1. The summed E-state index contributed by atoms with van der Waals surface area (Å²) >= 11 is 0. The number of fused-ring (bicyclic) bond motifs is 1. The average molecular weight is 508 g/mol. The zero-order valence-corrected chi connectivity index (χ0v) is 22.2. The highest BCUT2D eigenvalue weighted by atomic mass is 32.2. The van der Waals surface area contributed by atoms with Crippen molar-refractivity contribution in [3.8, 4) is 5.75 Å². The molecule has 10 heteroatoms. The van der Waals surface area contributed by atoms with Gasteiger partial charge in [0, 0.05) is 60.8 Å². The Labute approximate surface area is 214 Å². The van der Waals surface area contributed by atoms with Gasteiger partial charge in [0.25, 0.3) is 0 Å². The second kappa shape index (κ2) is 10.9. The molecule has 0 saturated carbocycles. The molecule has 0 radical (unpaired) electrons. The maximum atomic E-state index is 12.2. The van der Waals surface area contributed by atoms with E-state index < -0.39 is 0 Å². The number of thiol groups is 1. The second-order valence-corrected chi connectivity index (χ2v) is 10.7. The maximum absolute atomic E-state index is 12.2. The molecular weight excluding hydrogens is 474 g/mol. The van der Waals surface area contributed by atoms with E-state index >= 15 is 0 Å². The van der Waals surface area contributed by atoms with E-state index in [1.165, 1.54) is 16.5 Å². The van der Waals surface area contributed by atoms with Gasteiger partial charge in [-0.25, -0.2) is 20.9 Å². The van der Waals surface area contributed by atoms with E-state index in [1.807, 2.05) is 45.5 Å². The minimum absolute atomic E-state index is 0.293. The van der Waals surface area contributed by atoms with Crippen LogP contribution in [-0.4, -0.2) is 73.4 Å². The minimum atomic E-state index is -0.355. The number of methoxy groups -OCH3 is 1. The van der Waals surface area contributed by atoms with Crippen molar-refractivity contribution >= 4 is 45.4 Å². The van der Waals surface area contributed by atoms with Crippen molar-refractivity contribution in [1.29, 1.82) is 0 Å². The Balaban J connectivity index is 1.67. The third-order valence-corrected chi connectivity index (χ3v) is 7.73. The van der Waals surface area contributed by atoms with Gasteiger partial charge in [0.1, 0.15) is 5.75 Å². The SMILES string of the molecule is C=CC(=O)Nc1cc(Nc2nccc(C3=C[SH](C)c4c[nH]cc43)n2)c(OC)cc1N(C)CCN(C)C. The first-order valence-corrected chi connectivity index (χ1v) is 13.4. The van der Waals surface area contributed by atoms with E-state index in [0.29, 0.717) is 23.1 Å². The molecule has 0 saturated heterocycles. The van der Waals surface area contributed by atoms with E-state index in [9.17, 15) is 4.79 Å². The molecular formula is C26H33N7O2S. The number of nitrogens with zero attached hydrogens (tertiary/aromatic N) is 4. The molecule has 0 spiro atoms. The first kappa shape index (κ1) is 25.3. The Kier molecular flexibility index (Phi) is 7.66. The van der Waals surface area contributed by atoms with Crippen molar-refractivity contribution < 1.29 is 9.53 Å². The molecule has 1 unspecified atom stereocenters. The van der Waals surface area contributed by atoms with Crippen LogP contribution in [0, 0.1) is 0 Å². The smallest absolute Gasteiger partial charge is 0.247 e. The number of benzene rings is 1. The van der Waals surface area contributed by atoms with Crippen LogP contribution in [0.25, 0.3) is 5.57 Å². The van der Waals surface area contributed by atoms with Gasteiger partial charge in [-0.3, -0.25) is 4.79 Å². The molecule has 0 fully saturated rings. The number of aromatic amines is 1. The van der Waals surface area contributed by atoms with E-state index in [0.717, 1.165) is 30.0 Å². The first-order valence-electron chi connectivity index (χ1n) is 11.5. The number of carbonyl (C=O) groups is 1. The summed E-state index contributed by atoms with van der Waals surface area (Å²) in [6.45, 7) is 5.20. The molecule has 0 bridgehead atoms. The molecule has 4 rings (SSSR count). The zero-order chi connectivity index (χ0) is 25.8. The van der Waals surface area contributed by atoms with Crippen molar-refractivity contribution in [2.45, 2.75) is 4.90 Å². The van der Waals surface area contributed by atoms with Crippen molar-refractivity contribution in [3.63, 3.8) is 0 Å². The van der Waals surface area contributed by atoms with E-state index in [1.54, 1.807) is 13.3 Å². The van der Waals surface area contributed by atoms with Gasteiger partial charge in [-0.15, -0.1) is 0 Å². The molecule has 1 aliphatic rings. The summed E-state index contributed by atoms with van der Waals surface area (Å²) in [7, 11) is 7.29. The van der Waals surface area contributed by atoms with Gasteiger partial charge >= 0.3 is 0 Å². The minimum Gasteiger partial charge on any atom is -0.494 e. The molecule has 2 aromatic heterocycles. The van der Waals surface area contributed by atoms with Gasteiger partial charge in [-0.1, -0.05) is 6.58 Å². The van der Waals surface area contributed by atoms with Crippen molar-refractivity contribution in [2.24, 2.45) is 0 Å². The van der Waals surface area contributed by atoms with Crippen molar-refractivity contribution in [1.82, 2.24) is 19.9 Å². The van der Waals surface area contributed by atoms with Crippen LogP contribution >= 0.6 is 10.9 Å². The van der Waals surface area contributed by atoms with Gasteiger partial charge in [-0.05, 0) is 44.0 Å². The van der Waals surface area contributed by atoms with E-state index in [2.05, 4.69) is 54.8 Å². The highest BCUT2D eigenvalue weighted by molar-refractivity contribution is 8.19. The van der Waals surface area contributed by atoms with Crippen LogP contribution in [0.3, 0.4) is 0 Å². The van der Waals surface area contributed by atoms with Crippen LogP contribution in [0.2, 0.25) is 0 Å². The summed E-state index contributed by atoms with van der Waals surface area (Å²) in [5.41, 5.74) is 5.24. The van der Waals surface area contributed by atoms with Crippen LogP contribution in [0.5, 0.6) is 5.75 Å². The molecule has 190 valence electrons. The van der Waals surface area contributed by atoms with Crippen molar-refractivity contribution in [3.05, 3.63) is 66.1 Å². The first-order chi connectivity index (χ1) is 17.3. The third-order valence-electron chi connectivity index (χ3n) is 5.95. The fourth-order valence-electron chi connectivity index (χ4n) is 4.00. The molecule has 1 atom stereocenters. The molecule has 36 heavy (non-hydrogen) atoms. The van der Waals surface area contributed by atoms with Crippen LogP contribution in [-0.2, 0) is 4.79 Å². The predicted octanol–water partition coefficient (Wildman–Crippen LogP) is 4.07. The predicted molar refractivity (Wildman–Crippen MR) is 150 cm³/mol. The quantitative estimate of drug-likeness (QED) is 0.243. The van der Waals surface area contributed by atoms with Crippen molar-refractivity contribution in [2.75, 3.05) is 63.1 Å². The molecule has 1 aromatic carbocycles.